The van der Waals surface area contributed by atoms with E-state index in [1.54, 1.807) is 0 Å². The molecule has 0 amide bonds. The molecule has 1 aromatic carbocycles. The van der Waals surface area contributed by atoms with Crippen molar-refractivity contribution in [1.82, 2.24) is 15.1 Å². The van der Waals surface area contributed by atoms with E-state index in [1.807, 2.05) is 6.20 Å². The van der Waals surface area contributed by atoms with Crippen molar-refractivity contribution < 1.29 is 0 Å². The Morgan fingerprint density at radius 2 is 2.05 bits per heavy atom. The molecule has 1 atom stereocenters. The summed E-state index contributed by atoms with van der Waals surface area (Å²) in [6.45, 7) is 7.59. The first-order valence-electron chi connectivity index (χ1n) is 7.04. The number of aryl methyl sites for hydroxylation is 1. The summed E-state index contributed by atoms with van der Waals surface area (Å²) in [7, 11) is 0. The van der Waals surface area contributed by atoms with E-state index in [2.05, 4.69) is 53.2 Å². The molecule has 1 saturated heterocycles. The van der Waals surface area contributed by atoms with E-state index in [0.717, 1.165) is 25.6 Å². The molecule has 1 aromatic heterocycles. The van der Waals surface area contributed by atoms with E-state index in [9.17, 15) is 0 Å². The van der Waals surface area contributed by atoms with Crippen LogP contribution in [0, 0.1) is 19.8 Å². The number of hydrogen-bond donors (Lipinski definition) is 1. The third kappa shape index (κ3) is 2.56. The van der Waals surface area contributed by atoms with Gasteiger partial charge in [0.25, 0.3) is 0 Å². The van der Waals surface area contributed by atoms with Crippen LogP contribution < -0.4 is 5.32 Å². The first kappa shape index (κ1) is 12.4. The molecular weight excluding hydrogens is 234 g/mol. The minimum absolute atomic E-state index is 0.726. The number of rotatable bonds is 3. The smallest absolute Gasteiger partial charge is 0.0571 e. The van der Waals surface area contributed by atoms with Crippen LogP contribution in [0.2, 0.25) is 0 Å². The van der Waals surface area contributed by atoms with Gasteiger partial charge < -0.3 is 5.32 Å². The van der Waals surface area contributed by atoms with Gasteiger partial charge in [-0.1, -0.05) is 29.8 Å². The van der Waals surface area contributed by atoms with E-state index in [4.69, 9.17) is 0 Å². The van der Waals surface area contributed by atoms with E-state index in [-0.39, 0.29) is 0 Å². The average Bonchev–Trinajstić information content (AvgIpc) is 3.03. The van der Waals surface area contributed by atoms with Gasteiger partial charge in [0.1, 0.15) is 0 Å². The highest BCUT2D eigenvalue weighted by Crippen LogP contribution is 2.24. The van der Waals surface area contributed by atoms with E-state index < -0.39 is 0 Å². The van der Waals surface area contributed by atoms with Crippen LogP contribution in [-0.2, 0) is 6.54 Å². The lowest BCUT2D eigenvalue weighted by molar-refractivity contribution is 0.443. The number of hydrogen-bond acceptors (Lipinski definition) is 2. The highest BCUT2D eigenvalue weighted by atomic mass is 15.3. The largest absolute Gasteiger partial charge is 0.316 e. The monoisotopic (exact) mass is 255 g/mol. The maximum Gasteiger partial charge on any atom is 0.0571 e. The summed E-state index contributed by atoms with van der Waals surface area (Å²) in [5.74, 6) is 0.726. The van der Waals surface area contributed by atoms with Crippen LogP contribution in [0.3, 0.4) is 0 Å². The van der Waals surface area contributed by atoms with Crippen LogP contribution in [0.5, 0.6) is 0 Å². The predicted octanol–water partition coefficient (Wildman–Crippen LogP) is 2.78. The lowest BCUT2D eigenvalue weighted by Crippen LogP contribution is -2.16. The minimum Gasteiger partial charge on any atom is -0.316 e. The van der Waals surface area contributed by atoms with Gasteiger partial charge >= 0.3 is 0 Å². The van der Waals surface area contributed by atoms with Crippen molar-refractivity contribution in [2.45, 2.75) is 26.8 Å². The molecule has 3 heteroatoms. The van der Waals surface area contributed by atoms with Crippen molar-refractivity contribution in [1.29, 1.82) is 0 Å². The molecule has 0 bridgehead atoms. The third-order valence-electron chi connectivity index (χ3n) is 4.06. The van der Waals surface area contributed by atoms with Crippen LogP contribution in [0.25, 0.3) is 11.1 Å². The first-order chi connectivity index (χ1) is 9.24. The van der Waals surface area contributed by atoms with Crippen LogP contribution in [-0.4, -0.2) is 22.9 Å². The van der Waals surface area contributed by atoms with Crippen molar-refractivity contribution in [3.8, 4) is 11.1 Å². The molecule has 0 radical (unpaired) electrons. The Morgan fingerprint density at radius 1 is 1.26 bits per heavy atom. The number of aromatic nitrogens is 2. The Kier molecular flexibility index (Phi) is 3.38. The van der Waals surface area contributed by atoms with Crippen LogP contribution in [0.15, 0.2) is 30.5 Å². The Morgan fingerprint density at radius 3 is 2.74 bits per heavy atom. The van der Waals surface area contributed by atoms with Gasteiger partial charge in [-0.25, -0.2) is 0 Å². The zero-order valence-electron chi connectivity index (χ0n) is 11.7. The summed E-state index contributed by atoms with van der Waals surface area (Å²) in [5, 5.41) is 7.98. The number of nitrogens with zero attached hydrogens (tertiary/aromatic N) is 2. The highest BCUT2D eigenvalue weighted by Gasteiger charge is 2.17. The summed E-state index contributed by atoms with van der Waals surface area (Å²) in [6.07, 6.45) is 3.27. The molecular formula is C16H21N3. The standard InChI is InChI=1S/C16H21N3/c1-12-3-5-15(6-4-12)16-10-18-19(13(16)2)11-14-7-8-17-9-14/h3-6,10,14,17H,7-9,11H2,1-2H3. The van der Waals surface area contributed by atoms with Gasteiger partial charge in [0, 0.05) is 17.8 Å². The summed E-state index contributed by atoms with van der Waals surface area (Å²) in [4.78, 5) is 0. The Labute approximate surface area is 114 Å². The molecule has 1 aliphatic heterocycles. The van der Waals surface area contributed by atoms with E-state index in [0.29, 0.717) is 0 Å². The summed E-state index contributed by atoms with van der Waals surface area (Å²) >= 11 is 0. The Hall–Kier alpha value is -1.61. The van der Waals surface area contributed by atoms with E-state index >= 15 is 0 Å². The summed E-state index contributed by atoms with van der Waals surface area (Å²) in [6, 6.07) is 8.68. The second kappa shape index (κ2) is 5.17. The lowest BCUT2D eigenvalue weighted by Gasteiger charge is -2.10. The molecule has 0 aliphatic carbocycles. The molecule has 0 spiro atoms. The molecule has 3 rings (SSSR count). The normalized spacial score (nSPS) is 18.9. The van der Waals surface area contributed by atoms with Gasteiger partial charge in [0.15, 0.2) is 0 Å². The quantitative estimate of drug-likeness (QED) is 0.914. The molecule has 1 aliphatic rings. The number of benzene rings is 1. The average molecular weight is 255 g/mol. The van der Waals surface area contributed by atoms with Gasteiger partial charge in [0.2, 0.25) is 0 Å². The van der Waals surface area contributed by atoms with Crippen molar-refractivity contribution in [3.63, 3.8) is 0 Å². The first-order valence-corrected chi connectivity index (χ1v) is 7.04. The molecule has 1 fully saturated rings. The molecule has 2 heterocycles. The van der Waals surface area contributed by atoms with Crippen LogP contribution >= 0.6 is 0 Å². The minimum atomic E-state index is 0.726. The molecule has 1 N–H and O–H groups in total. The fourth-order valence-electron chi connectivity index (χ4n) is 2.76. The Bertz CT molecular complexity index is 548. The van der Waals surface area contributed by atoms with E-state index in [1.165, 1.54) is 28.8 Å². The van der Waals surface area contributed by atoms with Gasteiger partial charge in [-0.15, -0.1) is 0 Å². The van der Waals surface area contributed by atoms with Crippen molar-refractivity contribution in [3.05, 3.63) is 41.7 Å². The van der Waals surface area contributed by atoms with Crippen molar-refractivity contribution >= 4 is 0 Å². The maximum atomic E-state index is 4.57. The molecule has 3 nitrogen and oxygen atoms in total. The fourth-order valence-corrected chi connectivity index (χ4v) is 2.76. The van der Waals surface area contributed by atoms with Gasteiger partial charge in [0.05, 0.1) is 6.20 Å². The fraction of sp³-hybridized carbons (Fsp3) is 0.438. The third-order valence-corrected chi connectivity index (χ3v) is 4.06. The highest BCUT2D eigenvalue weighted by molar-refractivity contribution is 5.65. The summed E-state index contributed by atoms with van der Waals surface area (Å²) < 4.78 is 2.16. The van der Waals surface area contributed by atoms with Crippen molar-refractivity contribution in [2.75, 3.05) is 13.1 Å². The molecule has 19 heavy (non-hydrogen) atoms. The zero-order chi connectivity index (χ0) is 13.2. The second-order valence-electron chi connectivity index (χ2n) is 5.55. The van der Waals surface area contributed by atoms with Gasteiger partial charge in [-0.2, -0.15) is 5.10 Å². The topological polar surface area (TPSA) is 29.9 Å². The molecule has 0 saturated carbocycles. The van der Waals surface area contributed by atoms with Gasteiger partial charge in [-0.3, -0.25) is 4.68 Å². The van der Waals surface area contributed by atoms with Crippen molar-refractivity contribution in [2.24, 2.45) is 5.92 Å². The SMILES string of the molecule is Cc1ccc(-c2cnn(CC3CCNC3)c2C)cc1. The summed E-state index contributed by atoms with van der Waals surface area (Å²) in [5.41, 5.74) is 5.09. The zero-order valence-corrected chi connectivity index (χ0v) is 11.7. The molecule has 1 unspecified atom stereocenters. The molecule has 100 valence electrons. The van der Waals surface area contributed by atoms with Crippen LogP contribution in [0.4, 0.5) is 0 Å². The Balaban J connectivity index is 1.83. The maximum absolute atomic E-state index is 4.57. The second-order valence-corrected chi connectivity index (χ2v) is 5.55. The van der Waals surface area contributed by atoms with Crippen LogP contribution in [0.1, 0.15) is 17.7 Å². The lowest BCUT2D eigenvalue weighted by atomic mass is 10.1. The predicted molar refractivity (Wildman–Crippen MR) is 78.1 cm³/mol. The molecule has 2 aromatic rings. The number of nitrogens with one attached hydrogen (secondary N) is 1. The van der Waals surface area contributed by atoms with Gasteiger partial charge in [-0.05, 0) is 44.8 Å².